The minimum absolute atomic E-state index is 0.170. The average Bonchev–Trinajstić information content (AvgIpc) is 2.92. The minimum Gasteiger partial charge on any atom is -0.507 e. The molecule has 0 amide bonds. The van der Waals surface area contributed by atoms with Gasteiger partial charge in [-0.15, -0.1) is 0 Å². The van der Waals surface area contributed by atoms with Crippen molar-refractivity contribution in [3.63, 3.8) is 0 Å². The van der Waals surface area contributed by atoms with Gasteiger partial charge in [0.1, 0.15) is 5.75 Å². The van der Waals surface area contributed by atoms with E-state index in [0.29, 0.717) is 23.0 Å². The van der Waals surface area contributed by atoms with Crippen molar-refractivity contribution in [1.29, 1.82) is 0 Å². The third kappa shape index (κ3) is 3.79. The quantitative estimate of drug-likeness (QED) is 0.301. The molecule has 0 unspecified atom stereocenters. The summed E-state index contributed by atoms with van der Waals surface area (Å²) in [6.45, 7) is 2.06. The Kier molecular flexibility index (Phi) is 5.19. The van der Waals surface area contributed by atoms with Gasteiger partial charge in [0, 0.05) is 11.1 Å². The summed E-state index contributed by atoms with van der Waals surface area (Å²) in [6, 6.07) is 34.4. The SMILES string of the molecule is CCc1ccc(-c2nc(-c3cccc4ccccc34)nc(-c3cccc4ccccc34)n2)c(O)c1. The highest BCUT2D eigenvalue weighted by Crippen LogP contribution is 2.34. The maximum absolute atomic E-state index is 10.8. The van der Waals surface area contributed by atoms with Gasteiger partial charge in [-0.2, -0.15) is 0 Å². The largest absolute Gasteiger partial charge is 0.507 e. The van der Waals surface area contributed by atoms with Gasteiger partial charge in [0.05, 0.1) is 5.56 Å². The van der Waals surface area contributed by atoms with E-state index in [4.69, 9.17) is 15.0 Å². The van der Waals surface area contributed by atoms with Crippen LogP contribution in [0.2, 0.25) is 0 Å². The molecule has 6 aromatic rings. The van der Waals surface area contributed by atoms with Crippen LogP contribution in [-0.2, 0) is 6.42 Å². The number of benzene rings is 5. The number of phenolic OH excluding ortho intramolecular Hbond substituents is 1. The molecule has 168 valence electrons. The Labute approximate surface area is 203 Å². The van der Waals surface area contributed by atoms with Crippen LogP contribution in [-0.4, -0.2) is 20.1 Å². The molecule has 1 N–H and O–H groups in total. The average molecular weight is 454 g/mol. The van der Waals surface area contributed by atoms with E-state index in [2.05, 4.69) is 43.3 Å². The third-order valence-electron chi connectivity index (χ3n) is 6.41. The summed E-state index contributed by atoms with van der Waals surface area (Å²) in [7, 11) is 0. The normalized spacial score (nSPS) is 11.2. The molecular formula is C31H23N3O. The number of hydrogen-bond donors (Lipinski definition) is 1. The van der Waals surface area contributed by atoms with Gasteiger partial charge in [0.15, 0.2) is 17.5 Å². The number of nitrogens with zero attached hydrogens (tertiary/aromatic N) is 3. The van der Waals surface area contributed by atoms with Crippen molar-refractivity contribution in [2.24, 2.45) is 0 Å². The van der Waals surface area contributed by atoms with Crippen molar-refractivity contribution in [3.05, 3.63) is 109 Å². The third-order valence-corrected chi connectivity index (χ3v) is 6.41. The van der Waals surface area contributed by atoms with E-state index < -0.39 is 0 Å². The Morgan fingerprint density at radius 1 is 0.543 bits per heavy atom. The van der Waals surface area contributed by atoms with Crippen molar-refractivity contribution in [1.82, 2.24) is 15.0 Å². The molecule has 5 aromatic carbocycles. The molecule has 0 radical (unpaired) electrons. The lowest BCUT2D eigenvalue weighted by Gasteiger charge is -2.12. The van der Waals surface area contributed by atoms with Gasteiger partial charge in [-0.1, -0.05) is 97.9 Å². The topological polar surface area (TPSA) is 58.9 Å². The van der Waals surface area contributed by atoms with Crippen LogP contribution < -0.4 is 0 Å². The van der Waals surface area contributed by atoms with E-state index >= 15 is 0 Å². The van der Waals surface area contributed by atoms with E-state index in [9.17, 15) is 5.11 Å². The lowest BCUT2D eigenvalue weighted by Crippen LogP contribution is -2.01. The van der Waals surface area contributed by atoms with Crippen molar-refractivity contribution < 1.29 is 5.11 Å². The standard InChI is InChI=1S/C31H23N3O/c1-2-20-17-18-27(28(35)19-20)31-33-29(25-15-7-11-21-9-3-5-13-23(21)25)32-30(34-31)26-16-8-12-22-10-4-6-14-24(22)26/h3-19,35H,2H2,1H3. The number of rotatable bonds is 4. The Bertz CT molecular complexity index is 1600. The molecule has 4 nitrogen and oxygen atoms in total. The van der Waals surface area contributed by atoms with Crippen LogP contribution in [0.15, 0.2) is 103 Å². The number of phenols is 1. The molecule has 0 atom stereocenters. The van der Waals surface area contributed by atoms with E-state index in [0.717, 1.165) is 44.7 Å². The molecular weight excluding hydrogens is 430 g/mol. The Balaban J connectivity index is 1.65. The highest BCUT2D eigenvalue weighted by Gasteiger charge is 2.17. The highest BCUT2D eigenvalue weighted by atomic mass is 16.3. The van der Waals surface area contributed by atoms with Gasteiger partial charge in [-0.25, -0.2) is 15.0 Å². The molecule has 0 spiro atoms. The molecule has 1 heterocycles. The summed E-state index contributed by atoms with van der Waals surface area (Å²) >= 11 is 0. The predicted octanol–water partition coefficient (Wildman–Crippen LogP) is 7.45. The Hall–Kier alpha value is -4.57. The molecule has 0 saturated heterocycles. The first-order chi connectivity index (χ1) is 17.2. The lowest BCUT2D eigenvalue weighted by atomic mass is 10.0. The summed E-state index contributed by atoms with van der Waals surface area (Å²) in [5, 5.41) is 15.2. The molecule has 0 fully saturated rings. The van der Waals surface area contributed by atoms with Crippen molar-refractivity contribution in [2.45, 2.75) is 13.3 Å². The monoisotopic (exact) mass is 453 g/mol. The maximum Gasteiger partial charge on any atom is 0.167 e. The van der Waals surface area contributed by atoms with E-state index in [1.807, 2.05) is 60.7 Å². The second-order valence-electron chi connectivity index (χ2n) is 8.56. The molecule has 0 aliphatic carbocycles. The van der Waals surface area contributed by atoms with Crippen molar-refractivity contribution in [3.8, 4) is 39.9 Å². The smallest absolute Gasteiger partial charge is 0.167 e. The van der Waals surface area contributed by atoms with Gasteiger partial charge in [-0.05, 0) is 45.7 Å². The highest BCUT2D eigenvalue weighted by molar-refractivity contribution is 5.97. The fourth-order valence-electron chi connectivity index (χ4n) is 4.56. The number of hydrogen-bond acceptors (Lipinski definition) is 4. The van der Waals surface area contributed by atoms with E-state index in [-0.39, 0.29) is 5.75 Å². The summed E-state index contributed by atoms with van der Waals surface area (Å²) in [6.07, 6.45) is 0.841. The summed E-state index contributed by atoms with van der Waals surface area (Å²) in [5.41, 5.74) is 3.51. The van der Waals surface area contributed by atoms with Crippen LogP contribution >= 0.6 is 0 Å². The van der Waals surface area contributed by atoms with Gasteiger partial charge in [0.25, 0.3) is 0 Å². The zero-order chi connectivity index (χ0) is 23.8. The molecule has 4 heteroatoms. The van der Waals surface area contributed by atoms with Crippen LogP contribution in [0.25, 0.3) is 55.7 Å². The van der Waals surface area contributed by atoms with Gasteiger partial charge < -0.3 is 5.11 Å². The fourth-order valence-corrected chi connectivity index (χ4v) is 4.56. The number of aromatic hydroxyl groups is 1. The van der Waals surface area contributed by atoms with Crippen molar-refractivity contribution in [2.75, 3.05) is 0 Å². The first-order valence-corrected chi connectivity index (χ1v) is 11.8. The first kappa shape index (κ1) is 21.0. The molecule has 35 heavy (non-hydrogen) atoms. The van der Waals surface area contributed by atoms with Gasteiger partial charge in [0.2, 0.25) is 0 Å². The molecule has 0 aliphatic heterocycles. The Morgan fingerprint density at radius 2 is 1.03 bits per heavy atom. The number of aryl methyl sites for hydroxylation is 1. The Morgan fingerprint density at radius 3 is 1.54 bits per heavy atom. The van der Waals surface area contributed by atoms with Crippen LogP contribution in [0.1, 0.15) is 12.5 Å². The van der Waals surface area contributed by atoms with Crippen LogP contribution in [0.5, 0.6) is 5.75 Å². The minimum atomic E-state index is 0.170. The summed E-state index contributed by atoms with van der Waals surface area (Å²) < 4.78 is 0. The van der Waals surface area contributed by atoms with Crippen LogP contribution in [0.3, 0.4) is 0 Å². The number of fused-ring (bicyclic) bond motifs is 2. The zero-order valence-electron chi connectivity index (χ0n) is 19.3. The van der Waals surface area contributed by atoms with Crippen molar-refractivity contribution >= 4 is 21.5 Å². The van der Waals surface area contributed by atoms with Gasteiger partial charge in [-0.3, -0.25) is 0 Å². The second-order valence-corrected chi connectivity index (χ2v) is 8.56. The van der Waals surface area contributed by atoms with Crippen LogP contribution in [0, 0.1) is 0 Å². The molecule has 0 bridgehead atoms. The van der Waals surface area contributed by atoms with Crippen LogP contribution in [0.4, 0.5) is 0 Å². The predicted molar refractivity (Wildman–Crippen MR) is 142 cm³/mol. The molecule has 0 aliphatic rings. The second kappa shape index (κ2) is 8.65. The maximum atomic E-state index is 10.8. The lowest BCUT2D eigenvalue weighted by molar-refractivity contribution is 0.476. The number of aromatic nitrogens is 3. The van der Waals surface area contributed by atoms with Gasteiger partial charge >= 0.3 is 0 Å². The van der Waals surface area contributed by atoms with E-state index in [1.54, 1.807) is 6.07 Å². The first-order valence-electron chi connectivity index (χ1n) is 11.8. The summed E-state index contributed by atoms with van der Waals surface area (Å²) in [5.74, 6) is 1.77. The molecule has 1 aromatic heterocycles. The molecule has 6 rings (SSSR count). The fraction of sp³-hybridized carbons (Fsp3) is 0.0645. The molecule has 0 saturated carbocycles. The zero-order valence-corrected chi connectivity index (χ0v) is 19.3. The van der Waals surface area contributed by atoms with E-state index in [1.165, 1.54) is 0 Å². The summed E-state index contributed by atoms with van der Waals surface area (Å²) in [4.78, 5) is 14.7.